The summed E-state index contributed by atoms with van der Waals surface area (Å²) in [6.07, 6.45) is 1.30. The molecule has 5 rings (SSSR count). The number of hydrogen-bond acceptors (Lipinski definition) is 5. The van der Waals surface area contributed by atoms with Crippen LogP contribution >= 0.6 is 0 Å². The average Bonchev–Trinajstić information content (AvgIpc) is 3.36. The number of rotatable bonds is 3. The fourth-order valence-corrected chi connectivity index (χ4v) is 4.21. The molecule has 1 fully saturated rings. The molecule has 0 N–H and O–H groups in total. The van der Waals surface area contributed by atoms with Gasteiger partial charge in [0.05, 0.1) is 11.7 Å². The second-order valence-corrected chi connectivity index (χ2v) is 7.99. The summed E-state index contributed by atoms with van der Waals surface area (Å²) < 4.78 is 9.00. The lowest BCUT2D eigenvalue weighted by atomic mass is 10.0. The van der Waals surface area contributed by atoms with Crippen LogP contribution in [0.4, 0.5) is 0 Å². The van der Waals surface area contributed by atoms with Gasteiger partial charge < -0.3 is 9.32 Å². The van der Waals surface area contributed by atoms with Gasteiger partial charge in [0, 0.05) is 30.2 Å². The maximum atomic E-state index is 12.9. The molecule has 31 heavy (non-hydrogen) atoms. The van der Waals surface area contributed by atoms with Gasteiger partial charge in [0.15, 0.2) is 11.6 Å². The van der Waals surface area contributed by atoms with Gasteiger partial charge in [0.25, 0.3) is 11.5 Å². The van der Waals surface area contributed by atoms with E-state index in [1.165, 1.54) is 10.7 Å². The lowest BCUT2D eigenvalue weighted by Gasteiger charge is -2.31. The number of amides is 1. The average molecular weight is 417 g/mol. The number of hydrogen-bond donors (Lipinski definition) is 0. The minimum Gasteiger partial charge on any atom is -0.451 e. The van der Waals surface area contributed by atoms with Gasteiger partial charge >= 0.3 is 0 Å². The third-order valence-corrected chi connectivity index (χ3v) is 5.77. The van der Waals surface area contributed by atoms with Crippen LogP contribution in [0.5, 0.6) is 0 Å². The van der Waals surface area contributed by atoms with Crippen LogP contribution in [0.3, 0.4) is 0 Å². The summed E-state index contributed by atoms with van der Waals surface area (Å²) in [5.41, 5.74) is 2.42. The normalized spacial score (nSPS) is 15.0. The number of carbonyl (C=O) groups is 1. The Morgan fingerprint density at radius 2 is 1.81 bits per heavy atom. The molecule has 8 heteroatoms. The summed E-state index contributed by atoms with van der Waals surface area (Å²) in [6, 6.07) is 14.5. The summed E-state index contributed by atoms with van der Waals surface area (Å²) in [4.78, 5) is 27.2. The Labute approximate surface area is 178 Å². The lowest BCUT2D eigenvalue weighted by Crippen LogP contribution is -2.41. The van der Waals surface area contributed by atoms with Crippen molar-refractivity contribution in [3.05, 3.63) is 76.0 Å². The summed E-state index contributed by atoms with van der Waals surface area (Å²) in [7, 11) is 0. The Morgan fingerprint density at radius 1 is 1.03 bits per heavy atom. The monoisotopic (exact) mass is 417 g/mol. The van der Waals surface area contributed by atoms with Crippen LogP contribution in [0.25, 0.3) is 16.8 Å². The molecule has 0 unspecified atom stereocenters. The van der Waals surface area contributed by atoms with E-state index in [1.807, 2.05) is 44.2 Å². The summed E-state index contributed by atoms with van der Waals surface area (Å²) in [5, 5.41) is 9.95. The highest BCUT2D eigenvalue weighted by atomic mass is 16.3. The van der Waals surface area contributed by atoms with Crippen molar-refractivity contribution < 1.29 is 9.21 Å². The number of aryl methyl sites for hydroxylation is 2. The highest BCUT2D eigenvalue weighted by molar-refractivity contribution is 5.96. The van der Waals surface area contributed by atoms with E-state index in [2.05, 4.69) is 10.2 Å². The molecule has 0 atom stereocenters. The molecule has 4 aromatic rings. The lowest BCUT2D eigenvalue weighted by molar-refractivity contribution is 0.0658. The zero-order chi connectivity index (χ0) is 21.5. The fourth-order valence-electron chi connectivity index (χ4n) is 4.21. The predicted molar refractivity (Wildman–Crippen MR) is 115 cm³/mol. The van der Waals surface area contributed by atoms with Crippen molar-refractivity contribution in [3.63, 3.8) is 0 Å². The second-order valence-electron chi connectivity index (χ2n) is 7.99. The molecule has 0 saturated carbocycles. The molecule has 3 aromatic heterocycles. The zero-order valence-electron chi connectivity index (χ0n) is 17.5. The van der Waals surface area contributed by atoms with Crippen LogP contribution in [0, 0.1) is 13.8 Å². The van der Waals surface area contributed by atoms with Crippen molar-refractivity contribution >= 4 is 16.9 Å². The SMILES string of the molecule is Cc1cc(C)n(-c2ccc(=O)n(C3CCN(C(=O)c4cc5ccccc5o4)CC3)n2)n1. The number of carbonyl (C=O) groups excluding carboxylic acids is 1. The van der Waals surface area contributed by atoms with Gasteiger partial charge in [-0.2, -0.15) is 5.10 Å². The maximum Gasteiger partial charge on any atom is 0.289 e. The molecule has 0 radical (unpaired) electrons. The van der Waals surface area contributed by atoms with E-state index in [0.717, 1.165) is 16.8 Å². The first-order valence-corrected chi connectivity index (χ1v) is 10.4. The van der Waals surface area contributed by atoms with E-state index in [9.17, 15) is 9.59 Å². The van der Waals surface area contributed by atoms with Gasteiger partial charge in [-0.3, -0.25) is 9.59 Å². The Bertz CT molecular complexity index is 1290. The first-order chi connectivity index (χ1) is 15.0. The van der Waals surface area contributed by atoms with Crippen LogP contribution in [0.1, 0.15) is 40.8 Å². The molecule has 1 aliphatic heterocycles. The van der Waals surface area contributed by atoms with Crippen molar-refractivity contribution in [1.29, 1.82) is 0 Å². The van der Waals surface area contributed by atoms with E-state index in [-0.39, 0.29) is 17.5 Å². The number of piperidine rings is 1. The van der Waals surface area contributed by atoms with E-state index >= 15 is 0 Å². The Kier molecular flexibility index (Phi) is 4.69. The summed E-state index contributed by atoms with van der Waals surface area (Å²) in [6.45, 7) is 4.96. The molecular weight excluding hydrogens is 394 g/mol. The Balaban J connectivity index is 1.33. The first-order valence-electron chi connectivity index (χ1n) is 10.4. The molecule has 1 saturated heterocycles. The van der Waals surface area contributed by atoms with Crippen molar-refractivity contribution in [2.45, 2.75) is 32.7 Å². The topological polar surface area (TPSA) is 86.2 Å². The second kappa shape index (κ2) is 7.54. The number of fused-ring (bicyclic) bond motifs is 1. The number of nitrogens with zero attached hydrogens (tertiary/aromatic N) is 5. The van der Waals surface area contributed by atoms with Crippen molar-refractivity contribution in [2.75, 3.05) is 13.1 Å². The smallest absolute Gasteiger partial charge is 0.289 e. The van der Waals surface area contributed by atoms with Crippen molar-refractivity contribution in [1.82, 2.24) is 24.5 Å². The molecule has 158 valence electrons. The molecule has 1 aliphatic rings. The molecule has 4 heterocycles. The molecule has 1 amide bonds. The Morgan fingerprint density at radius 3 is 2.52 bits per heavy atom. The van der Waals surface area contributed by atoms with Gasteiger partial charge in [-0.1, -0.05) is 18.2 Å². The summed E-state index contributed by atoms with van der Waals surface area (Å²) >= 11 is 0. The highest BCUT2D eigenvalue weighted by Crippen LogP contribution is 2.25. The first kappa shape index (κ1) is 19.3. The molecule has 0 spiro atoms. The highest BCUT2D eigenvalue weighted by Gasteiger charge is 2.27. The third-order valence-electron chi connectivity index (χ3n) is 5.77. The largest absolute Gasteiger partial charge is 0.451 e. The van der Waals surface area contributed by atoms with Crippen molar-refractivity contribution in [2.24, 2.45) is 0 Å². The molecular formula is C23H23N5O3. The van der Waals surface area contributed by atoms with Gasteiger partial charge in [-0.05, 0) is 51.0 Å². The fraction of sp³-hybridized carbons (Fsp3) is 0.304. The van der Waals surface area contributed by atoms with Crippen molar-refractivity contribution in [3.8, 4) is 5.82 Å². The van der Waals surface area contributed by atoms with E-state index in [1.54, 1.807) is 21.7 Å². The van der Waals surface area contributed by atoms with Gasteiger partial charge in [0.2, 0.25) is 0 Å². The number of likely N-dealkylation sites (tertiary alicyclic amines) is 1. The molecule has 0 aliphatic carbocycles. The van der Waals surface area contributed by atoms with E-state index in [4.69, 9.17) is 4.42 Å². The van der Waals surface area contributed by atoms with Crippen LogP contribution < -0.4 is 5.56 Å². The Hall–Kier alpha value is -3.68. The minimum atomic E-state index is -0.146. The van der Waals surface area contributed by atoms with Gasteiger partial charge in [-0.25, -0.2) is 9.36 Å². The van der Waals surface area contributed by atoms with Crippen LogP contribution in [0.2, 0.25) is 0 Å². The van der Waals surface area contributed by atoms with E-state index in [0.29, 0.717) is 43.1 Å². The van der Waals surface area contributed by atoms with Crippen LogP contribution in [-0.4, -0.2) is 43.5 Å². The van der Waals surface area contributed by atoms with Gasteiger partial charge in [-0.15, -0.1) is 5.10 Å². The molecule has 0 bridgehead atoms. The number of para-hydroxylation sites is 1. The minimum absolute atomic E-state index is 0.0656. The van der Waals surface area contributed by atoms with Crippen LogP contribution in [-0.2, 0) is 0 Å². The summed E-state index contributed by atoms with van der Waals surface area (Å²) in [5.74, 6) is 0.846. The maximum absolute atomic E-state index is 12.9. The number of furan rings is 1. The van der Waals surface area contributed by atoms with E-state index < -0.39 is 0 Å². The zero-order valence-corrected chi connectivity index (χ0v) is 17.5. The predicted octanol–water partition coefficient (Wildman–Crippen LogP) is 3.27. The van der Waals surface area contributed by atoms with Crippen LogP contribution in [0.15, 0.2) is 57.7 Å². The van der Waals surface area contributed by atoms with Gasteiger partial charge in [0.1, 0.15) is 5.58 Å². The standard InChI is InChI=1S/C23H23N5O3/c1-15-13-16(2)27(24-15)21-7-8-22(29)28(25-21)18-9-11-26(12-10-18)23(30)20-14-17-5-3-4-6-19(17)31-20/h3-8,13-14,18H,9-12H2,1-2H3. The number of aromatic nitrogens is 4. The third kappa shape index (κ3) is 3.54. The number of benzene rings is 1. The molecule has 8 nitrogen and oxygen atoms in total. The quantitative estimate of drug-likeness (QED) is 0.511. The molecule has 1 aromatic carbocycles.